The van der Waals surface area contributed by atoms with E-state index in [0.29, 0.717) is 18.7 Å². The zero-order valence-electron chi connectivity index (χ0n) is 17.0. The Kier molecular flexibility index (Phi) is 5.09. The number of halogens is 1. The fraction of sp³-hybridized carbons (Fsp3) is 0.381. The molecule has 1 atom stereocenters. The van der Waals surface area contributed by atoms with E-state index in [2.05, 4.69) is 15.2 Å². The molecule has 1 aromatic carbocycles. The molecule has 2 aliphatic heterocycles. The van der Waals surface area contributed by atoms with Crippen LogP contribution in [-0.4, -0.2) is 62.6 Å². The van der Waals surface area contributed by atoms with Crippen LogP contribution in [0.1, 0.15) is 24.4 Å². The molecule has 0 bridgehead atoms. The Balaban J connectivity index is 1.42. The van der Waals surface area contributed by atoms with E-state index in [1.165, 1.54) is 11.0 Å². The number of aromatic nitrogens is 3. The molecule has 4 heterocycles. The van der Waals surface area contributed by atoms with E-state index in [4.69, 9.17) is 10.2 Å². The summed E-state index contributed by atoms with van der Waals surface area (Å²) in [5.74, 6) is 1.33. The van der Waals surface area contributed by atoms with Gasteiger partial charge in [-0.2, -0.15) is 4.52 Å². The number of thioether (sulfide) groups is 1. The van der Waals surface area contributed by atoms with E-state index in [0.717, 1.165) is 41.5 Å². The predicted molar refractivity (Wildman–Crippen MR) is 117 cm³/mol. The lowest BCUT2D eigenvalue weighted by atomic mass is 10.0. The molecule has 2 saturated heterocycles. The standard InChI is InChI=1S/C21H23FN6O2S/c1-31-17-5-4-13(22)9-15(17)16-3-2-8-27(16)19-7-6-18-23-10-20(28(18)25-19)24-14-11-26(12-14)21(29)30/h4-7,9-10,14,16,24H,2-3,8,11-12H2,1H3,(H,29,30)/t16-/m1/s1. The number of carbonyl (C=O) groups is 1. The molecule has 2 aliphatic rings. The summed E-state index contributed by atoms with van der Waals surface area (Å²) in [6, 6.07) is 8.98. The Morgan fingerprint density at radius 1 is 1.29 bits per heavy atom. The number of fused-ring (bicyclic) bond motifs is 1. The third-order valence-electron chi connectivity index (χ3n) is 5.95. The molecule has 3 aromatic rings. The summed E-state index contributed by atoms with van der Waals surface area (Å²) in [5, 5.41) is 17.2. The Morgan fingerprint density at radius 2 is 2.13 bits per heavy atom. The van der Waals surface area contributed by atoms with Gasteiger partial charge < -0.3 is 20.2 Å². The van der Waals surface area contributed by atoms with Crippen LogP contribution in [0.5, 0.6) is 0 Å². The first-order valence-electron chi connectivity index (χ1n) is 10.2. The topological polar surface area (TPSA) is 86.0 Å². The number of amides is 1. The van der Waals surface area contributed by atoms with Crippen LogP contribution in [0.15, 0.2) is 41.4 Å². The van der Waals surface area contributed by atoms with Gasteiger partial charge in [0, 0.05) is 24.5 Å². The second-order valence-electron chi connectivity index (χ2n) is 7.87. The second kappa shape index (κ2) is 7.92. The molecule has 10 heteroatoms. The van der Waals surface area contributed by atoms with Gasteiger partial charge in [-0.15, -0.1) is 16.9 Å². The highest BCUT2D eigenvalue weighted by molar-refractivity contribution is 7.98. The number of anilines is 2. The van der Waals surface area contributed by atoms with Crippen molar-refractivity contribution in [2.24, 2.45) is 0 Å². The first-order chi connectivity index (χ1) is 15.0. The Morgan fingerprint density at radius 3 is 2.90 bits per heavy atom. The molecule has 0 spiro atoms. The highest BCUT2D eigenvalue weighted by Gasteiger charge is 2.32. The van der Waals surface area contributed by atoms with Crippen molar-refractivity contribution >= 4 is 35.1 Å². The molecule has 2 aromatic heterocycles. The summed E-state index contributed by atoms with van der Waals surface area (Å²) in [5.41, 5.74) is 1.71. The number of hydrogen-bond acceptors (Lipinski definition) is 6. The molecule has 0 saturated carbocycles. The number of imidazole rings is 1. The number of rotatable bonds is 5. The van der Waals surface area contributed by atoms with Crippen molar-refractivity contribution in [3.8, 4) is 0 Å². The normalized spacial score (nSPS) is 19.1. The van der Waals surface area contributed by atoms with Crippen molar-refractivity contribution < 1.29 is 14.3 Å². The van der Waals surface area contributed by atoms with E-state index in [1.54, 1.807) is 28.5 Å². The lowest BCUT2D eigenvalue weighted by Gasteiger charge is -2.37. The maximum Gasteiger partial charge on any atom is 0.407 e. The van der Waals surface area contributed by atoms with E-state index in [1.807, 2.05) is 24.5 Å². The lowest BCUT2D eigenvalue weighted by Crippen LogP contribution is -2.56. The van der Waals surface area contributed by atoms with Gasteiger partial charge in [-0.1, -0.05) is 0 Å². The van der Waals surface area contributed by atoms with Crippen LogP contribution in [-0.2, 0) is 0 Å². The average molecular weight is 443 g/mol. The zero-order chi connectivity index (χ0) is 21.5. The summed E-state index contributed by atoms with van der Waals surface area (Å²) in [6.45, 7) is 1.72. The zero-order valence-corrected chi connectivity index (χ0v) is 17.8. The van der Waals surface area contributed by atoms with Crippen LogP contribution in [0, 0.1) is 5.82 Å². The monoisotopic (exact) mass is 442 g/mol. The number of nitrogens with one attached hydrogen (secondary N) is 1. The van der Waals surface area contributed by atoms with Gasteiger partial charge in [-0.25, -0.2) is 14.2 Å². The Hall–Kier alpha value is -3.01. The molecule has 1 amide bonds. The minimum absolute atomic E-state index is 0.0393. The summed E-state index contributed by atoms with van der Waals surface area (Å²) in [7, 11) is 0. The van der Waals surface area contributed by atoms with Crippen molar-refractivity contribution in [2.75, 3.05) is 36.1 Å². The molecule has 8 nitrogen and oxygen atoms in total. The van der Waals surface area contributed by atoms with E-state index in [9.17, 15) is 9.18 Å². The number of benzene rings is 1. The quantitative estimate of drug-likeness (QED) is 0.583. The van der Waals surface area contributed by atoms with E-state index in [-0.39, 0.29) is 17.9 Å². The van der Waals surface area contributed by atoms with Gasteiger partial charge >= 0.3 is 6.09 Å². The number of nitrogens with zero attached hydrogens (tertiary/aromatic N) is 5. The van der Waals surface area contributed by atoms with Gasteiger partial charge in [-0.05, 0) is 55.0 Å². The SMILES string of the molecule is CSc1ccc(F)cc1[C@H]1CCCN1c1ccc2ncc(NC3CN(C(=O)O)C3)n2n1. The molecular weight excluding hydrogens is 419 g/mol. The fourth-order valence-corrected chi connectivity index (χ4v) is 5.02. The van der Waals surface area contributed by atoms with E-state index >= 15 is 0 Å². The molecule has 0 aliphatic carbocycles. The summed E-state index contributed by atoms with van der Waals surface area (Å²) < 4.78 is 15.8. The van der Waals surface area contributed by atoms with E-state index < -0.39 is 6.09 Å². The molecule has 162 valence electrons. The summed E-state index contributed by atoms with van der Waals surface area (Å²) in [4.78, 5) is 20.1. The van der Waals surface area contributed by atoms with Crippen LogP contribution < -0.4 is 10.2 Å². The van der Waals surface area contributed by atoms with Crippen LogP contribution in [0.4, 0.5) is 20.8 Å². The van der Waals surface area contributed by atoms with Crippen LogP contribution >= 0.6 is 11.8 Å². The number of hydrogen-bond donors (Lipinski definition) is 2. The van der Waals surface area contributed by atoms with Crippen LogP contribution in [0.25, 0.3) is 5.65 Å². The van der Waals surface area contributed by atoms with Gasteiger partial charge in [0.05, 0.1) is 18.3 Å². The van der Waals surface area contributed by atoms with Gasteiger partial charge in [0.1, 0.15) is 17.5 Å². The maximum atomic E-state index is 14.0. The smallest absolute Gasteiger partial charge is 0.407 e. The highest BCUT2D eigenvalue weighted by atomic mass is 32.2. The molecule has 5 rings (SSSR count). The maximum absolute atomic E-state index is 14.0. The second-order valence-corrected chi connectivity index (χ2v) is 8.72. The fourth-order valence-electron chi connectivity index (χ4n) is 4.38. The van der Waals surface area contributed by atoms with Gasteiger partial charge in [-0.3, -0.25) is 0 Å². The van der Waals surface area contributed by atoms with Gasteiger partial charge in [0.15, 0.2) is 5.65 Å². The van der Waals surface area contributed by atoms with Crippen molar-refractivity contribution in [2.45, 2.75) is 29.8 Å². The Labute approximate surface area is 183 Å². The number of likely N-dealkylation sites (tertiary alicyclic amines) is 1. The van der Waals surface area contributed by atoms with Crippen molar-refractivity contribution in [1.29, 1.82) is 0 Å². The molecule has 2 N–H and O–H groups in total. The molecule has 0 radical (unpaired) electrons. The summed E-state index contributed by atoms with van der Waals surface area (Å²) >= 11 is 1.63. The van der Waals surface area contributed by atoms with Crippen molar-refractivity contribution in [3.05, 3.63) is 47.9 Å². The Bertz CT molecular complexity index is 1130. The molecular formula is C21H23FN6O2S. The van der Waals surface area contributed by atoms with Crippen LogP contribution in [0.3, 0.4) is 0 Å². The highest BCUT2D eigenvalue weighted by Crippen LogP contribution is 2.39. The summed E-state index contributed by atoms with van der Waals surface area (Å²) in [6.07, 6.45) is 4.78. The third-order valence-corrected chi connectivity index (χ3v) is 6.76. The molecule has 0 unspecified atom stereocenters. The average Bonchev–Trinajstić information content (AvgIpc) is 3.36. The predicted octanol–water partition coefficient (Wildman–Crippen LogP) is 3.71. The largest absolute Gasteiger partial charge is 0.465 e. The first-order valence-corrected chi connectivity index (χ1v) is 11.5. The van der Waals surface area contributed by atoms with Gasteiger partial charge in [0.25, 0.3) is 0 Å². The van der Waals surface area contributed by atoms with Crippen molar-refractivity contribution in [1.82, 2.24) is 19.5 Å². The third kappa shape index (κ3) is 3.65. The first kappa shape index (κ1) is 19.9. The molecule has 31 heavy (non-hydrogen) atoms. The minimum atomic E-state index is -0.904. The minimum Gasteiger partial charge on any atom is -0.465 e. The lowest BCUT2D eigenvalue weighted by molar-refractivity contribution is 0.111. The van der Waals surface area contributed by atoms with Crippen LogP contribution in [0.2, 0.25) is 0 Å². The number of carboxylic acid groups (broad SMARTS) is 1. The molecule has 2 fully saturated rings. The van der Waals surface area contributed by atoms with Crippen molar-refractivity contribution in [3.63, 3.8) is 0 Å². The van der Waals surface area contributed by atoms with Gasteiger partial charge in [0.2, 0.25) is 0 Å².